The summed E-state index contributed by atoms with van der Waals surface area (Å²) in [5.74, 6) is 2.95. The van der Waals surface area contributed by atoms with Gasteiger partial charge >= 0.3 is 0 Å². The fourth-order valence-electron chi connectivity index (χ4n) is 6.82. The second-order valence-electron chi connectivity index (χ2n) is 9.94. The van der Waals surface area contributed by atoms with Crippen molar-refractivity contribution in [2.45, 2.75) is 56.3 Å². The summed E-state index contributed by atoms with van der Waals surface area (Å²) >= 11 is 0. The van der Waals surface area contributed by atoms with E-state index in [-0.39, 0.29) is 16.2 Å². The summed E-state index contributed by atoms with van der Waals surface area (Å²) in [6.45, 7) is 1.70. The van der Waals surface area contributed by atoms with E-state index in [1.807, 2.05) is 0 Å². The predicted molar refractivity (Wildman–Crippen MR) is 109 cm³/mol. The highest BCUT2D eigenvalue weighted by atomic mass is 32.2. The Balaban J connectivity index is 1.15. The number of pyridine rings is 1. The van der Waals surface area contributed by atoms with Gasteiger partial charge in [-0.2, -0.15) is 4.31 Å². The van der Waals surface area contributed by atoms with Crippen molar-refractivity contribution in [3.63, 3.8) is 0 Å². The molecule has 1 aliphatic heterocycles. The van der Waals surface area contributed by atoms with E-state index in [9.17, 15) is 13.2 Å². The van der Waals surface area contributed by atoms with Crippen LogP contribution in [-0.2, 0) is 14.8 Å². The molecule has 1 aromatic heterocycles. The Kier molecular flexibility index (Phi) is 4.93. The van der Waals surface area contributed by atoms with Gasteiger partial charge < -0.3 is 5.32 Å². The van der Waals surface area contributed by atoms with Crippen molar-refractivity contribution in [3.8, 4) is 0 Å². The molecule has 0 atom stereocenters. The van der Waals surface area contributed by atoms with Gasteiger partial charge in [0.25, 0.3) is 0 Å². The lowest BCUT2D eigenvalue weighted by atomic mass is 9.49. The van der Waals surface area contributed by atoms with Crippen LogP contribution < -0.4 is 5.32 Å². The third-order valence-corrected chi connectivity index (χ3v) is 9.80. The maximum atomic E-state index is 13.1. The lowest BCUT2D eigenvalue weighted by Crippen LogP contribution is -2.54. The molecule has 1 N–H and O–H groups in total. The van der Waals surface area contributed by atoms with Crippen molar-refractivity contribution < 1.29 is 13.2 Å². The number of hydrogen-bond acceptors (Lipinski definition) is 4. The van der Waals surface area contributed by atoms with E-state index in [0.717, 1.165) is 49.9 Å². The van der Waals surface area contributed by atoms with Crippen molar-refractivity contribution in [1.82, 2.24) is 14.6 Å². The number of carbonyl (C=O) groups is 1. The minimum absolute atomic E-state index is 0.0981. The number of nitrogens with zero attached hydrogens (tertiary/aromatic N) is 2. The number of piperidine rings is 1. The first-order valence-corrected chi connectivity index (χ1v) is 12.6. The molecule has 5 fully saturated rings. The molecule has 1 amide bonds. The minimum Gasteiger partial charge on any atom is -0.355 e. The molecule has 6 nitrogen and oxygen atoms in total. The minimum atomic E-state index is -3.46. The fraction of sp³-hybridized carbons (Fsp3) is 0.727. The summed E-state index contributed by atoms with van der Waals surface area (Å²) < 4.78 is 27.0. The van der Waals surface area contributed by atoms with E-state index in [2.05, 4.69) is 10.3 Å². The molecule has 158 valence electrons. The van der Waals surface area contributed by atoms with Gasteiger partial charge in [-0.15, -0.1) is 0 Å². The second-order valence-corrected chi connectivity index (χ2v) is 11.9. The summed E-state index contributed by atoms with van der Waals surface area (Å²) in [4.78, 5) is 17.3. The van der Waals surface area contributed by atoms with Crippen molar-refractivity contribution in [3.05, 3.63) is 24.5 Å². The van der Waals surface area contributed by atoms with Gasteiger partial charge in [-0.25, -0.2) is 8.42 Å². The molecule has 2 heterocycles. The highest BCUT2D eigenvalue weighted by Crippen LogP contribution is 2.60. The molecule has 0 unspecified atom stereocenters. The SMILES string of the molecule is O=C(NCC1CCN(S(=O)(=O)c2cccnc2)CC1)C12CC3CC(CC(C3)C1)C2. The number of hydrogen-bond donors (Lipinski definition) is 1. The van der Waals surface area contributed by atoms with Crippen molar-refractivity contribution in [2.75, 3.05) is 19.6 Å². The molecule has 1 saturated heterocycles. The van der Waals surface area contributed by atoms with Crippen LogP contribution in [0, 0.1) is 29.1 Å². The molecule has 29 heavy (non-hydrogen) atoms. The summed E-state index contributed by atoms with van der Waals surface area (Å²) in [5.41, 5.74) is -0.0981. The van der Waals surface area contributed by atoms with Gasteiger partial charge in [-0.3, -0.25) is 9.78 Å². The Hall–Kier alpha value is -1.47. The largest absolute Gasteiger partial charge is 0.355 e. The Labute approximate surface area is 173 Å². The Bertz CT molecular complexity index is 827. The van der Waals surface area contributed by atoms with Crippen LogP contribution in [0.3, 0.4) is 0 Å². The number of amides is 1. The topological polar surface area (TPSA) is 79.4 Å². The number of sulfonamides is 1. The fourth-order valence-corrected chi connectivity index (χ4v) is 8.25. The Morgan fingerprint density at radius 1 is 1.10 bits per heavy atom. The van der Waals surface area contributed by atoms with Crippen LogP contribution in [0.25, 0.3) is 0 Å². The van der Waals surface area contributed by atoms with Gasteiger partial charge in [0.05, 0.1) is 0 Å². The van der Waals surface area contributed by atoms with E-state index >= 15 is 0 Å². The smallest absolute Gasteiger partial charge is 0.244 e. The summed E-state index contributed by atoms with van der Waals surface area (Å²) in [7, 11) is -3.46. The van der Waals surface area contributed by atoms with E-state index < -0.39 is 10.0 Å². The van der Waals surface area contributed by atoms with Gasteiger partial charge in [-0.05, 0) is 87.2 Å². The van der Waals surface area contributed by atoms with Gasteiger partial charge in [0.1, 0.15) is 4.90 Å². The van der Waals surface area contributed by atoms with Gasteiger partial charge in [-0.1, -0.05) is 0 Å². The highest BCUT2D eigenvalue weighted by molar-refractivity contribution is 7.89. The van der Waals surface area contributed by atoms with E-state index in [1.165, 1.54) is 25.5 Å². The maximum Gasteiger partial charge on any atom is 0.244 e. The molecular formula is C22H31N3O3S. The van der Waals surface area contributed by atoms with E-state index in [4.69, 9.17) is 0 Å². The van der Waals surface area contributed by atoms with Crippen LogP contribution in [0.15, 0.2) is 29.4 Å². The van der Waals surface area contributed by atoms with Gasteiger partial charge in [0, 0.05) is 37.4 Å². The molecule has 0 radical (unpaired) electrons. The first-order valence-electron chi connectivity index (χ1n) is 11.1. The Morgan fingerprint density at radius 2 is 1.72 bits per heavy atom. The molecule has 4 bridgehead atoms. The average Bonchev–Trinajstić information content (AvgIpc) is 2.72. The third-order valence-electron chi connectivity index (χ3n) is 7.92. The monoisotopic (exact) mass is 417 g/mol. The van der Waals surface area contributed by atoms with Crippen LogP contribution >= 0.6 is 0 Å². The molecule has 7 heteroatoms. The van der Waals surface area contributed by atoms with Crippen molar-refractivity contribution in [2.24, 2.45) is 29.1 Å². The molecule has 4 saturated carbocycles. The standard InChI is InChI=1S/C22H31N3O3S/c26-21(22-11-17-8-18(12-22)10-19(9-17)13-22)24-14-16-3-6-25(7-4-16)29(27,28)20-2-1-5-23-15-20/h1-2,5,15-19H,3-4,6-14H2,(H,24,26). The van der Waals surface area contributed by atoms with Gasteiger partial charge in [0.2, 0.25) is 15.9 Å². The summed E-state index contributed by atoms with van der Waals surface area (Å²) in [5, 5.41) is 3.28. The third kappa shape index (κ3) is 3.61. The number of rotatable bonds is 5. The van der Waals surface area contributed by atoms with Gasteiger partial charge in [0.15, 0.2) is 0 Å². The number of nitrogens with one attached hydrogen (secondary N) is 1. The zero-order chi connectivity index (χ0) is 20.1. The first-order chi connectivity index (χ1) is 13.9. The molecular weight excluding hydrogens is 386 g/mol. The van der Waals surface area contributed by atoms with Crippen molar-refractivity contribution in [1.29, 1.82) is 0 Å². The average molecular weight is 418 g/mol. The van der Waals surface area contributed by atoms with Crippen LogP contribution in [-0.4, -0.2) is 43.2 Å². The lowest BCUT2D eigenvalue weighted by molar-refractivity contribution is -0.146. The maximum absolute atomic E-state index is 13.1. The number of carbonyl (C=O) groups excluding carboxylic acids is 1. The van der Waals surface area contributed by atoms with Crippen LogP contribution in [0.1, 0.15) is 51.4 Å². The first kappa shape index (κ1) is 19.5. The molecule has 0 spiro atoms. The molecule has 0 aromatic carbocycles. The zero-order valence-corrected chi connectivity index (χ0v) is 17.7. The lowest BCUT2D eigenvalue weighted by Gasteiger charge is -2.55. The van der Waals surface area contributed by atoms with Crippen LogP contribution in [0.4, 0.5) is 0 Å². The second kappa shape index (κ2) is 7.34. The highest BCUT2D eigenvalue weighted by Gasteiger charge is 2.54. The summed E-state index contributed by atoms with van der Waals surface area (Å²) in [6, 6.07) is 3.25. The van der Waals surface area contributed by atoms with Crippen LogP contribution in [0.2, 0.25) is 0 Å². The van der Waals surface area contributed by atoms with E-state index in [0.29, 0.717) is 25.6 Å². The van der Waals surface area contributed by atoms with Crippen molar-refractivity contribution >= 4 is 15.9 Å². The van der Waals surface area contributed by atoms with E-state index in [1.54, 1.807) is 22.6 Å². The number of aromatic nitrogens is 1. The zero-order valence-electron chi connectivity index (χ0n) is 16.9. The quantitative estimate of drug-likeness (QED) is 0.799. The molecule has 1 aromatic rings. The van der Waals surface area contributed by atoms with Crippen LogP contribution in [0.5, 0.6) is 0 Å². The Morgan fingerprint density at radius 3 is 2.28 bits per heavy atom. The summed E-state index contributed by atoms with van der Waals surface area (Å²) in [6.07, 6.45) is 11.9. The normalized spacial score (nSPS) is 35.0. The predicted octanol–water partition coefficient (Wildman–Crippen LogP) is 2.81. The molecule has 6 rings (SSSR count). The molecule has 5 aliphatic rings. The molecule has 4 aliphatic carbocycles.